The van der Waals surface area contributed by atoms with Crippen LogP contribution in [0.25, 0.3) is 0 Å². The van der Waals surface area contributed by atoms with Gasteiger partial charge in [-0.2, -0.15) is 0 Å². The first kappa shape index (κ1) is 19.5. The van der Waals surface area contributed by atoms with Gasteiger partial charge in [-0.1, -0.05) is 6.07 Å². The molecule has 4 rings (SSSR count). The van der Waals surface area contributed by atoms with Crippen molar-refractivity contribution in [3.8, 4) is 0 Å². The van der Waals surface area contributed by atoms with Gasteiger partial charge >= 0.3 is 0 Å². The summed E-state index contributed by atoms with van der Waals surface area (Å²) in [4.78, 5) is 20.2. The molecule has 154 valence electrons. The number of hydrogen-bond acceptors (Lipinski definition) is 6. The molecule has 0 bridgehead atoms. The number of carbonyl (C=O) groups excluding carboxylic acids is 1. The maximum Gasteiger partial charge on any atom is 0.271 e. The van der Waals surface area contributed by atoms with Crippen LogP contribution in [-0.2, 0) is 12.8 Å². The van der Waals surface area contributed by atoms with Crippen LogP contribution >= 0.6 is 0 Å². The standard InChI is InChI=1S/C20H24F2N6O/c21-20(22)8-2-5-14(17(20)23)27-15-10-25-16(18(24)29)19(28-15)26-13-7-6-11-3-1-4-12(11)9-13/h6-7,9-10,14,17H,1-5,8,23H2,(H2,24,29)(H2,26,27,28). The van der Waals surface area contributed by atoms with Crippen LogP contribution in [0.5, 0.6) is 0 Å². The number of fused-ring (bicyclic) bond motifs is 1. The number of halogens is 2. The molecule has 2 unspecified atom stereocenters. The molecule has 0 saturated heterocycles. The minimum Gasteiger partial charge on any atom is -0.364 e. The predicted octanol–water partition coefficient (Wildman–Crippen LogP) is 2.73. The number of amides is 1. The lowest BCUT2D eigenvalue weighted by Gasteiger charge is -2.36. The topological polar surface area (TPSA) is 119 Å². The Labute approximate surface area is 167 Å². The Morgan fingerprint density at radius 1 is 1.21 bits per heavy atom. The number of primary amides is 1. The number of aryl methyl sites for hydroxylation is 2. The smallest absolute Gasteiger partial charge is 0.271 e. The Morgan fingerprint density at radius 3 is 2.79 bits per heavy atom. The zero-order valence-electron chi connectivity index (χ0n) is 15.9. The van der Waals surface area contributed by atoms with Crippen molar-refractivity contribution in [3.63, 3.8) is 0 Å². The summed E-state index contributed by atoms with van der Waals surface area (Å²) in [7, 11) is 0. The second kappa shape index (κ2) is 7.55. The third kappa shape index (κ3) is 4.00. The molecular formula is C20H24F2N6O. The van der Waals surface area contributed by atoms with Crippen LogP contribution in [0.15, 0.2) is 24.4 Å². The minimum atomic E-state index is -2.93. The number of hydrogen-bond donors (Lipinski definition) is 4. The molecule has 9 heteroatoms. The van der Waals surface area contributed by atoms with Crippen molar-refractivity contribution < 1.29 is 13.6 Å². The van der Waals surface area contributed by atoms with Gasteiger partial charge in [0.05, 0.1) is 12.2 Å². The molecule has 2 aliphatic carbocycles. The first-order valence-corrected chi connectivity index (χ1v) is 9.79. The van der Waals surface area contributed by atoms with Crippen LogP contribution in [0, 0.1) is 0 Å². The van der Waals surface area contributed by atoms with Gasteiger partial charge in [0.15, 0.2) is 11.5 Å². The van der Waals surface area contributed by atoms with Crippen LogP contribution in [-0.4, -0.2) is 33.9 Å². The number of anilines is 3. The molecule has 1 saturated carbocycles. The quantitative estimate of drug-likeness (QED) is 0.611. The zero-order valence-corrected chi connectivity index (χ0v) is 15.9. The summed E-state index contributed by atoms with van der Waals surface area (Å²) >= 11 is 0. The Kier molecular flexibility index (Phi) is 5.08. The number of aromatic nitrogens is 2. The van der Waals surface area contributed by atoms with E-state index >= 15 is 0 Å². The van der Waals surface area contributed by atoms with E-state index in [1.165, 1.54) is 17.3 Å². The molecule has 0 aliphatic heterocycles. The molecule has 2 atom stereocenters. The van der Waals surface area contributed by atoms with Crippen molar-refractivity contribution in [1.82, 2.24) is 9.97 Å². The molecule has 1 fully saturated rings. The number of nitrogens with two attached hydrogens (primary N) is 2. The van der Waals surface area contributed by atoms with Gasteiger partial charge in [-0.3, -0.25) is 4.79 Å². The highest BCUT2D eigenvalue weighted by molar-refractivity contribution is 5.96. The van der Waals surface area contributed by atoms with Gasteiger partial charge in [0.1, 0.15) is 5.82 Å². The molecule has 2 aromatic rings. The summed E-state index contributed by atoms with van der Waals surface area (Å²) in [6.45, 7) is 0. The molecule has 1 heterocycles. The highest BCUT2D eigenvalue weighted by Crippen LogP contribution is 2.34. The number of alkyl halides is 2. The van der Waals surface area contributed by atoms with E-state index in [4.69, 9.17) is 11.5 Å². The fraction of sp³-hybridized carbons (Fsp3) is 0.450. The van der Waals surface area contributed by atoms with Crippen LogP contribution in [0.4, 0.5) is 26.1 Å². The van der Waals surface area contributed by atoms with Crippen molar-refractivity contribution in [2.75, 3.05) is 10.6 Å². The summed E-state index contributed by atoms with van der Waals surface area (Å²) in [6.07, 6.45) is 5.16. The Morgan fingerprint density at radius 2 is 2.00 bits per heavy atom. The second-order valence-electron chi connectivity index (χ2n) is 7.71. The minimum absolute atomic E-state index is 0.0191. The number of nitrogens with one attached hydrogen (secondary N) is 2. The monoisotopic (exact) mass is 402 g/mol. The number of benzene rings is 1. The first-order chi connectivity index (χ1) is 13.8. The van der Waals surface area contributed by atoms with E-state index in [1.54, 1.807) is 0 Å². The van der Waals surface area contributed by atoms with Crippen molar-refractivity contribution in [2.45, 2.75) is 56.5 Å². The maximum absolute atomic E-state index is 13.9. The number of nitrogens with zero attached hydrogens (tertiary/aromatic N) is 2. The molecule has 29 heavy (non-hydrogen) atoms. The van der Waals surface area contributed by atoms with Crippen molar-refractivity contribution in [2.24, 2.45) is 11.5 Å². The Bertz CT molecular complexity index is 935. The molecule has 1 aromatic heterocycles. The summed E-state index contributed by atoms with van der Waals surface area (Å²) in [5, 5.41) is 6.04. The van der Waals surface area contributed by atoms with E-state index in [9.17, 15) is 13.6 Å². The molecule has 7 nitrogen and oxygen atoms in total. The van der Waals surface area contributed by atoms with E-state index in [-0.39, 0.29) is 23.8 Å². The van der Waals surface area contributed by atoms with Crippen LogP contribution in [0.2, 0.25) is 0 Å². The van der Waals surface area contributed by atoms with E-state index in [0.717, 1.165) is 24.9 Å². The molecule has 1 aromatic carbocycles. The van der Waals surface area contributed by atoms with Gasteiger partial charge in [0, 0.05) is 18.2 Å². The molecule has 2 aliphatic rings. The van der Waals surface area contributed by atoms with Crippen molar-refractivity contribution in [3.05, 3.63) is 41.2 Å². The van der Waals surface area contributed by atoms with Crippen molar-refractivity contribution in [1.29, 1.82) is 0 Å². The predicted molar refractivity (Wildman–Crippen MR) is 106 cm³/mol. The Hall–Kier alpha value is -2.81. The van der Waals surface area contributed by atoms with Gasteiger partial charge in [0.2, 0.25) is 0 Å². The number of carbonyl (C=O) groups is 1. The van der Waals surface area contributed by atoms with Crippen molar-refractivity contribution >= 4 is 23.2 Å². The molecule has 0 radical (unpaired) electrons. The Balaban J connectivity index is 1.58. The highest BCUT2D eigenvalue weighted by atomic mass is 19.3. The molecule has 0 spiro atoms. The average Bonchev–Trinajstić information content (AvgIpc) is 3.13. The van der Waals surface area contributed by atoms with Gasteiger partial charge in [-0.25, -0.2) is 18.7 Å². The van der Waals surface area contributed by atoms with E-state index in [0.29, 0.717) is 12.8 Å². The summed E-state index contributed by atoms with van der Waals surface area (Å²) in [6, 6.07) is 4.02. The molecular weight excluding hydrogens is 378 g/mol. The van der Waals surface area contributed by atoms with Gasteiger partial charge in [-0.15, -0.1) is 0 Å². The van der Waals surface area contributed by atoms with E-state index < -0.39 is 23.9 Å². The molecule has 1 amide bonds. The normalized spacial score (nSPS) is 22.7. The highest BCUT2D eigenvalue weighted by Gasteiger charge is 2.44. The third-order valence-corrected chi connectivity index (χ3v) is 5.65. The third-order valence-electron chi connectivity index (χ3n) is 5.65. The fourth-order valence-corrected chi connectivity index (χ4v) is 4.06. The lowest BCUT2D eigenvalue weighted by molar-refractivity contribution is -0.0554. The van der Waals surface area contributed by atoms with Crippen LogP contribution in [0.1, 0.15) is 47.3 Å². The summed E-state index contributed by atoms with van der Waals surface area (Å²) in [5.41, 5.74) is 14.5. The summed E-state index contributed by atoms with van der Waals surface area (Å²) in [5.74, 6) is -3.22. The van der Waals surface area contributed by atoms with E-state index in [2.05, 4.69) is 20.6 Å². The SMILES string of the molecule is NC(=O)c1ncc(NC2CCCC(F)(F)C2N)nc1Nc1ccc2c(c1)CCC2. The largest absolute Gasteiger partial charge is 0.364 e. The lowest BCUT2D eigenvalue weighted by Crippen LogP contribution is -2.55. The fourth-order valence-electron chi connectivity index (χ4n) is 4.06. The zero-order chi connectivity index (χ0) is 20.6. The lowest BCUT2D eigenvalue weighted by atomic mass is 9.87. The average molecular weight is 402 g/mol. The number of rotatable bonds is 5. The van der Waals surface area contributed by atoms with Crippen LogP contribution in [0.3, 0.4) is 0 Å². The van der Waals surface area contributed by atoms with Gasteiger partial charge in [0.25, 0.3) is 11.8 Å². The van der Waals surface area contributed by atoms with Gasteiger partial charge in [-0.05, 0) is 55.4 Å². The van der Waals surface area contributed by atoms with Gasteiger partial charge < -0.3 is 22.1 Å². The second-order valence-corrected chi connectivity index (χ2v) is 7.71. The van der Waals surface area contributed by atoms with E-state index in [1.807, 2.05) is 18.2 Å². The summed E-state index contributed by atoms with van der Waals surface area (Å²) < 4.78 is 27.8. The first-order valence-electron chi connectivity index (χ1n) is 9.79. The molecule has 6 N–H and O–H groups in total. The maximum atomic E-state index is 13.9. The van der Waals surface area contributed by atoms with Crippen LogP contribution < -0.4 is 22.1 Å².